The van der Waals surface area contributed by atoms with Gasteiger partial charge in [0.05, 0.1) is 29.8 Å². The summed E-state index contributed by atoms with van der Waals surface area (Å²) in [5.74, 6) is -0.993. The second-order valence-corrected chi connectivity index (χ2v) is 14.1. The zero-order valence-corrected chi connectivity index (χ0v) is 28.5. The van der Waals surface area contributed by atoms with Crippen LogP contribution in [0.5, 0.6) is 0 Å². The quantitative estimate of drug-likeness (QED) is 0.143. The Morgan fingerprint density at radius 2 is 1.84 bits per heavy atom. The first-order valence-electron chi connectivity index (χ1n) is 15.9. The van der Waals surface area contributed by atoms with Gasteiger partial charge in [-0.1, -0.05) is 20.8 Å². The van der Waals surface area contributed by atoms with Gasteiger partial charge in [-0.05, 0) is 88.2 Å². The highest BCUT2D eigenvalue weighted by molar-refractivity contribution is 5.74. The molecule has 11 nitrogen and oxygen atoms in total. The molecular weight excluding hydrogens is 554 g/mol. The molecule has 3 rings (SSSR count). The average molecular weight is 614 g/mol. The number of carbonyl (C=O) groups excluding carboxylic acids is 1. The number of fused-ring (bicyclic) bond motifs is 1. The van der Waals surface area contributed by atoms with Crippen molar-refractivity contribution in [2.45, 2.75) is 128 Å². The number of allylic oxidation sites excluding steroid dienone is 1. The SMILES string of the molecule is CC/C(OC(=O)[C@H](C)[C@@H](O)[C@H](C)[C@@H](O[C@H]1C[C@@H](N(C)C)C[C@@H](C)O1)[C@](C)(O)C[C@@H](C)CNC)=C1\OC(N(C)C)[C@]2(C)O[C@@H]12. The fourth-order valence-electron chi connectivity index (χ4n) is 6.96. The van der Waals surface area contributed by atoms with Gasteiger partial charge in [0.2, 0.25) is 0 Å². The van der Waals surface area contributed by atoms with Crippen molar-refractivity contribution in [1.29, 1.82) is 0 Å². The summed E-state index contributed by atoms with van der Waals surface area (Å²) in [6.07, 6.45) is -0.690. The molecule has 3 fully saturated rings. The molecule has 0 bridgehead atoms. The second kappa shape index (κ2) is 14.4. The number of nitrogens with zero attached hydrogens (tertiary/aromatic N) is 2. The van der Waals surface area contributed by atoms with Gasteiger partial charge in [-0.3, -0.25) is 9.69 Å². The highest BCUT2D eigenvalue weighted by Crippen LogP contribution is 2.53. The predicted molar refractivity (Wildman–Crippen MR) is 164 cm³/mol. The maximum atomic E-state index is 13.5. The third-order valence-electron chi connectivity index (χ3n) is 9.40. The molecule has 0 saturated carbocycles. The van der Waals surface area contributed by atoms with Crippen LogP contribution in [0.4, 0.5) is 0 Å². The summed E-state index contributed by atoms with van der Waals surface area (Å²) in [4.78, 5) is 17.6. The van der Waals surface area contributed by atoms with Crippen molar-refractivity contribution >= 4 is 5.97 Å². The van der Waals surface area contributed by atoms with Crippen LogP contribution in [0.3, 0.4) is 0 Å². The normalized spacial score (nSPS) is 34.9. The van der Waals surface area contributed by atoms with E-state index in [1.54, 1.807) is 13.8 Å². The van der Waals surface area contributed by atoms with Gasteiger partial charge in [0.25, 0.3) is 0 Å². The fraction of sp³-hybridized carbons (Fsp3) is 0.906. The molecule has 0 radical (unpaired) electrons. The Labute approximate surface area is 259 Å². The Morgan fingerprint density at radius 3 is 2.37 bits per heavy atom. The van der Waals surface area contributed by atoms with E-state index in [1.165, 1.54) is 0 Å². The van der Waals surface area contributed by atoms with Crippen LogP contribution in [0.15, 0.2) is 11.5 Å². The highest BCUT2D eigenvalue weighted by atomic mass is 16.7. The minimum Gasteiger partial charge on any atom is -0.470 e. The molecular formula is C32H59N3O8. The maximum Gasteiger partial charge on any atom is 0.316 e. The number of likely N-dealkylation sites (N-methyl/N-ethyl adjacent to an activating group) is 1. The summed E-state index contributed by atoms with van der Waals surface area (Å²) in [5.41, 5.74) is -1.78. The number of rotatable bonds is 15. The summed E-state index contributed by atoms with van der Waals surface area (Å²) in [5, 5.41) is 26.6. The molecule has 0 aromatic rings. The van der Waals surface area contributed by atoms with Gasteiger partial charge >= 0.3 is 5.97 Å². The van der Waals surface area contributed by atoms with E-state index in [1.807, 2.05) is 67.8 Å². The number of nitrogens with one attached hydrogen (secondary N) is 1. The molecule has 0 aromatic carbocycles. The molecule has 0 spiro atoms. The number of carbonyl (C=O) groups is 1. The van der Waals surface area contributed by atoms with E-state index < -0.39 is 47.5 Å². The molecule has 0 amide bonds. The van der Waals surface area contributed by atoms with E-state index in [0.29, 0.717) is 30.8 Å². The van der Waals surface area contributed by atoms with Crippen LogP contribution < -0.4 is 5.32 Å². The van der Waals surface area contributed by atoms with Gasteiger partial charge in [0.15, 0.2) is 30.0 Å². The van der Waals surface area contributed by atoms with Crippen LogP contribution in [0.1, 0.15) is 74.1 Å². The molecule has 0 aromatic heterocycles. The van der Waals surface area contributed by atoms with Crippen molar-refractivity contribution < 1.29 is 38.7 Å². The lowest BCUT2D eigenvalue weighted by atomic mass is 9.78. The van der Waals surface area contributed by atoms with Gasteiger partial charge in [-0.2, -0.15) is 0 Å². The minimum absolute atomic E-state index is 0.0169. The Hall–Kier alpha value is -1.31. The average Bonchev–Trinajstić information content (AvgIpc) is 3.51. The van der Waals surface area contributed by atoms with Gasteiger partial charge < -0.3 is 44.1 Å². The first-order valence-corrected chi connectivity index (χ1v) is 15.9. The van der Waals surface area contributed by atoms with Crippen molar-refractivity contribution in [2.75, 3.05) is 41.8 Å². The topological polar surface area (TPSA) is 125 Å². The van der Waals surface area contributed by atoms with E-state index >= 15 is 0 Å². The minimum atomic E-state index is -1.30. The van der Waals surface area contributed by atoms with Crippen LogP contribution in [0.2, 0.25) is 0 Å². The molecule has 11 heteroatoms. The van der Waals surface area contributed by atoms with Crippen molar-refractivity contribution in [3.8, 4) is 0 Å². The number of esters is 1. The smallest absolute Gasteiger partial charge is 0.316 e. The van der Waals surface area contributed by atoms with Crippen molar-refractivity contribution in [3.05, 3.63) is 11.5 Å². The van der Waals surface area contributed by atoms with E-state index in [9.17, 15) is 15.0 Å². The molecule has 3 aliphatic heterocycles. The lowest BCUT2D eigenvalue weighted by molar-refractivity contribution is -0.267. The third-order valence-corrected chi connectivity index (χ3v) is 9.40. The predicted octanol–water partition coefficient (Wildman–Crippen LogP) is 2.70. The van der Waals surface area contributed by atoms with Crippen LogP contribution in [-0.2, 0) is 28.5 Å². The summed E-state index contributed by atoms with van der Waals surface area (Å²) in [6.45, 7) is 13.9. The summed E-state index contributed by atoms with van der Waals surface area (Å²) in [7, 11) is 9.80. The van der Waals surface area contributed by atoms with Gasteiger partial charge in [-0.15, -0.1) is 0 Å². The Kier molecular flexibility index (Phi) is 12.1. The van der Waals surface area contributed by atoms with Crippen molar-refractivity contribution in [2.24, 2.45) is 17.8 Å². The van der Waals surface area contributed by atoms with Gasteiger partial charge in [0.1, 0.15) is 5.76 Å². The monoisotopic (exact) mass is 613 g/mol. The van der Waals surface area contributed by atoms with Crippen LogP contribution >= 0.6 is 0 Å². The number of aliphatic hydroxyl groups is 2. The standard InChI is InChI=1S/C32H59N3O8/c1-13-23(26-28-32(7,43-28)30(42-26)35(11)12)40-29(37)21(5)25(36)20(4)27(31(6,38)16-18(2)17-33-8)41-24-15-22(34(9)10)14-19(3)39-24/h18-22,24-25,27-28,30,33,36,38H,13-17H2,1-12H3/b26-23+/t18-,19-,20+,21-,22+,24+,25+,27-,28+,30?,31-,32-/m1/s1. The van der Waals surface area contributed by atoms with E-state index in [-0.39, 0.29) is 30.4 Å². The summed E-state index contributed by atoms with van der Waals surface area (Å²) < 4.78 is 30.7. The zero-order chi connectivity index (χ0) is 32.4. The fourth-order valence-corrected chi connectivity index (χ4v) is 6.96. The molecule has 3 saturated heterocycles. The van der Waals surface area contributed by atoms with Crippen LogP contribution in [-0.4, -0.2) is 122 Å². The highest BCUT2D eigenvalue weighted by Gasteiger charge is 2.69. The first kappa shape index (κ1) is 36.2. The van der Waals surface area contributed by atoms with Crippen molar-refractivity contribution in [3.63, 3.8) is 0 Å². The Morgan fingerprint density at radius 1 is 1.19 bits per heavy atom. The van der Waals surface area contributed by atoms with E-state index in [2.05, 4.69) is 17.1 Å². The molecule has 250 valence electrons. The number of hydrogen-bond donors (Lipinski definition) is 3. The van der Waals surface area contributed by atoms with Gasteiger partial charge in [0, 0.05) is 24.8 Å². The summed E-state index contributed by atoms with van der Waals surface area (Å²) in [6, 6.07) is 0.263. The molecule has 3 heterocycles. The number of aliphatic hydroxyl groups excluding tert-OH is 1. The van der Waals surface area contributed by atoms with Crippen LogP contribution in [0.25, 0.3) is 0 Å². The lowest BCUT2D eigenvalue weighted by Gasteiger charge is -2.44. The van der Waals surface area contributed by atoms with E-state index in [4.69, 9.17) is 23.7 Å². The number of ether oxygens (including phenoxy) is 5. The number of epoxide rings is 1. The molecule has 43 heavy (non-hydrogen) atoms. The van der Waals surface area contributed by atoms with Crippen molar-refractivity contribution in [1.82, 2.24) is 15.1 Å². The van der Waals surface area contributed by atoms with Gasteiger partial charge in [-0.25, -0.2) is 0 Å². The van der Waals surface area contributed by atoms with E-state index in [0.717, 1.165) is 13.0 Å². The zero-order valence-electron chi connectivity index (χ0n) is 28.5. The van der Waals surface area contributed by atoms with Crippen LogP contribution in [0, 0.1) is 17.8 Å². The first-order chi connectivity index (χ1) is 20.0. The maximum absolute atomic E-state index is 13.5. The Bertz CT molecular complexity index is 974. The molecule has 12 atom stereocenters. The lowest BCUT2D eigenvalue weighted by Crippen LogP contribution is -2.54. The largest absolute Gasteiger partial charge is 0.470 e. The third kappa shape index (κ3) is 8.30. The molecule has 3 aliphatic rings. The molecule has 1 unspecified atom stereocenters. The summed E-state index contributed by atoms with van der Waals surface area (Å²) >= 11 is 0. The molecule has 0 aliphatic carbocycles. The number of hydrogen-bond acceptors (Lipinski definition) is 11. The Balaban J connectivity index is 1.79. The second-order valence-electron chi connectivity index (χ2n) is 14.1. The molecule has 3 N–H and O–H groups in total.